The molecule has 1 aromatic rings. The van der Waals surface area contributed by atoms with E-state index in [9.17, 15) is 4.79 Å². The highest BCUT2D eigenvalue weighted by Crippen LogP contribution is 2.37. The highest BCUT2D eigenvalue weighted by molar-refractivity contribution is 7.11. The van der Waals surface area contributed by atoms with Crippen molar-refractivity contribution in [2.24, 2.45) is 10.2 Å². The van der Waals surface area contributed by atoms with Crippen LogP contribution in [-0.4, -0.2) is 23.1 Å². The van der Waals surface area contributed by atoms with E-state index in [4.69, 9.17) is 6.42 Å². The number of terminal acetylenes is 1. The Bertz CT molecular complexity index is 601. The molecule has 5 nitrogen and oxygen atoms in total. The summed E-state index contributed by atoms with van der Waals surface area (Å²) in [5, 5.41) is 12.2. The van der Waals surface area contributed by atoms with Gasteiger partial charge in [0.05, 0.1) is 10.7 Å². The maximum absolute atomic E-state index is 11.9. The Hall–Kier alpha value is -1.74. The van der Waals surface area contributed by atoms with Gasteiger partial charge < -0.3 is 5.32 Å². The quantitative estimate of drug-likeness (QED) is 0.749. The van der Waals surface area contributed by atoms with Gasteiger partial charge in [-0.2, -0.15) is 10.2 Å². The van der Waals surface area contributed by atoms with Crippen LogP contribution in [0.2, 0.25) is 0 Å². The molecule has 0 radical (unpaired) electrons. The van der Waals surface area contributed by atoms with E-state index in [1.807, 2.05) is 0 Å². The van der Waals surface area contributed by atoms with Gasteiger partial charge in [-0.15, -0.1) is 23.7 Å². The zero-order chi connectivity index (χ0) is 15.4. The fraction of sp³-hybridized carbons (Fsp3) is 0.625. The van der Waals surface area contributed by atoms with Gasteiger partial charge in [-0.1, -0.05) is 0 Å². The largest absolute Gasteiger partial charge is 0.356 e. The van der Waals surface area contributed by atoms with Crippen LogP contribution in [0.25, 0.3) is 0 Å². The van der Waals surface area contributed by atoms with Crippen LogP contribution < -0.4 is 5.32 Å². The molecule has 1 amide bonds. The highest BCUT2D eigenvalue weighted by Gasteiger charge is 2.39. The van der Waals surface area contributed by atoms with E-state index in [1.165, 1.54) is 23.4 Å². The number of nitrogens with zero attached hydrogens (tertiary/aromatic N) is 3. The smallest absolute Gasteiger partial charge is 0.220 e. The lowest BCUT2D eigenvalue weighted by atomic mass is 10.0. The van der Waals surface area contributed by atoms with E-state index in [1.54, 1.807) is 11.3 Å². The van der Waals surface area contributed by atoms with Crippen molar-refractivity contribution in [1.29, 1.82) is 0 Å². The monoisotopic (exact) mass is 316 g/mol. The molecule has 3 rings (SSSR count). The number of rotatable bonds is 8. The summed E-state index contributed by atoms with van der Waals surface area (Å²) in [6.07, 6.45) is 12.1. The first-order valence-corrected chi connectivity index (χ1v) is 8.64. The molecule has 0 bridgehead atoms. The Morgan fingerprint density at radius 1 is 1.36 bits per heavy atom. The van der Waals surface area contributed by atoms with Crippen molar-refractivity contribution < 1.29 is 4.79 Å². The molecule has 0 atom stereocenters. The van der Waals surface area contributed by atoms with Crippen molar-refractivity contribution in [2.45, 2.75) is 57.0 Å². The maximum Gasteiger partial charge on any atom is 0.220 e. The molecule has 1 aliphatic heterocycles. The summed E-state index contributed by atoms with van der Waals surface area (Å²) in [5.41, 5.74) is 0.915. The molecule has 2 heterocycles. The first-order chi connectivity index (χ1) is 10.7. The number of hydrogen-bond acceptors (Lipinski definition) is 5. The number of fused-ring (bicyclic) bond motifs is 1. The standard InChI is InChI=1S/C16H20N4OS/c1-2-3-9-16(19-20-16)10-7-14(21)17-11-8-15-18-12-5-4-6-13(12)22-15/h1H,3-11H2,(H,17,21). The average molecular weight is 316 g/mol. The first kappa shape index (κ1) is 15.2. The van der Waals surface area contributed by atoms with Crippen LogP contribution in [0.5, 0.6) is 0 Å². The van der Waals surface area contributed by atoms with Gasteiger partial charge in [-0.25, -0.2) is 4.98 Å². The Morgan fingerprint density at radius 2 is 2.23 bits per heavy atom. The molecule has 1 N–H and O–H groups in total. The number of nitrogens with one attached hydrogen (secondary N) is 1. The van der Waals surface area contributed by atoms with Gasteiger partial charge in [-0.05, 0) is 19.3 Å². The van der Waals surface area contributed by atoms with E-state index in [0.717, 1.165) is 24.3 Å². The molecule has 6 heteroatoms. The third-order valence-electron chi connectivity index (χ3n) is 4.11. The van der Waals surface area contributed by atoms with Crippen molar-refractivity contribution in [3.05, 3.63) is 15.6 Å². The van der Waals surface area contributed by atoms with Crippen LogP contribution in [-0.2, 0) is 24.1 Å². The van der Waals surface area contributed by atoms with E-state index in [-0.39, 0.29) is 11.6 Å². The minimum absolute atomic E-state index is 0.0569. The molecular weight excluding hydrogens is 296 g/mol. The van der Waals surface area contributed by atoms with Crippen molar-refractivity contribution >= 4 is 17.2 Å². The van der Waals surface area contributed by atoms with Crippen LogP contribution in [0.1, 0.15) is 47.7 Å². The predicted octanol–water partition coefficient (Wildman–Crippen LogP) is 2.65. The molecule has 1 aliphatic carbocycles. The molecular formula is C16H20N4OS. The van der Waals surface area contributed by atoms with Crippen molar-refractivity contribution in [3.8, 4) is 12.3 Å². The summed E-state index contributed by atoms with van der Waals surface area (Å²) in [6.45, 7) is 0.650. The summed E-state index contributed by atoms with van der Waals surface area (Å²) in [7, 11) is 0. The van der Waals surface area contributed by atoms with Crippen molar-refractivity contribution in [3.63, 3.8) is 0 Å². The van der Waals surface area contributed by atoms with Gasteiger partial charge in [0.25, 0.3) is 0 Å². The number of aryl methyl sites for hydroxylation is 2. The molecule has 0 saturated carbocycles. The van der Waals surface area contributed by atoms with Crippen LogP contribution in [0.15, 0.2) is 10.2 Å². The summed E-state index contributed by atoms with van der Waals surface area (Å²) in [6, 6.07) is 0. The fourth-order valence-electron chi connectivity index (χ4n) is 2.73. The van der Waals surface area contributed by atoms with Gasteiger partial charge in [0.2, 0.25) is 5.91 Å². The molecule has 0 aromatic carbocycles. The Kier molecular flexibility index (Phi) is 4.53. The average Bonchev–Trinajstić information content (AvgIpc) is 2.97. The minimum atomic E-state index is -0.361. The SMILES string of the molecule is C#CCCC1(CCC(=O)NCCc2nc3c(s2)CCC3)N=N1. The van der Waals surface area contributed by atoms with Crippen LogP contribution in [0, 0.1) is 12.3 Å². The molecule has 1 aromatic heterocycles. The third-order valence-corrected chi connectivity index (χ3v) is 5.32. The molecule has 0 spiro atoms. The lowest BCUT2D eigenvalue weighted by Crippen LogP contribution is -2.27. The lowest BCUT2D eigenvalue weighted by molar-refractivity contribution is -0.121. The second-order valence-electron chi connectivity index (χ2n) is 5.82. The Morgan fingerprint density at radius 3 is 2.95 bits per heavy atom. The lowest BCUT2D eigenvalue weighted by Gasteiger charge is -2.08. The van der Waals surface area contributed by atoms with Gasteiger partial charge in [0.1, 0.15) is 0 Å². The van der Waals surface area contributed by atoms with Crippen LogP contribution >= 0.6 is 11.3 Å². The highest BCUT2D eigenvalue weighted by atomic mass is 32.1. The summed E-state index contributed by atoms with van der Waals surface area (Å²) in [5.74, 6) is 2.65. The summed E-state index contributed by atoms with van der Waals surface area (Å²) in [4.78, 5) is 17.9. The number of carbonyl (C=O) groups is 1. The number of thiazole rings is 1. The fourth-order valence-corrected chi connectivity index (χ4v) is 3.89. The van der Waals surface area contributed by atoms with E-state index in [0.29, 0.717) is 25.8 Å². The summed E-state index contributed by atoms with van der Waals surface area (Å²) >= 11 is 1.80. The molecule has 116 valence electrons. The van der Waals surface area contributed by atoms with Crippen molar-refractivity contribution in [2.75, 3.05) is 6.54 Å². The Labute approximate surface area is 134 Å². The first-order valence-electron chi connectivity index (χ1n) is 7.82. The number of amides is 1. The zero-order valence-corrected chi connectivity index (χ0v) is 13.4. The topological polar surface area (TPSA) is 66.7 Å². The minimum Gasteiger partial charge on any atom is -0.356 e. The zero-order valence-electron chi connectivity index (χ0n) is 12.6. The molecule has 0 saturated heterocycles. The molecule has 2 aliphatic rings. The summed E-state index contributed by atoms with van der Waals surface area (Å²) < 4.78 is 0. The van der Waals surface area contributed by atoms with E-state index >= 15 is 0 Å². The Balaban J connectivity index is 1.33. The maximum atomic E-state index is 11.9. The number of carbonyl (C=O) groups excluding carboxylic acids is 1. The van der Waals surface area contributed by atoms with Gasteiger partial charge >= 0.3 is 0 Å². The molecule has 0 unspecified atom stereocenters. The van der Waals surface area contributed by atoms with Gasteiger partial charge in [0.15, 0.2) is 5.66 Å². The van der Waals surface area contributed by atoms with Gasteiger partial charge in [-0.3, -0.25) is 4.79 Å². The van der Waals surface area contributed by atoms with Crippen LogP contribution in [0.4, 0.5) is 0 Å². The van der Waals surface area contributed by atoms with Crippen LogP contribution in [0.3, 0.4) is 0 Å². The van der Waals surface area contributed by atoms with E-state index in [2.05, 4.69) is 26.4 Å². The number of aromatic nitrogens is 1. The van der Waals surface area contributed by atoms with Gasteiger partial charge in [0, 0.05) is 43.5 Å². The van der Waals surface area contributed by atoms with Crippen molar-refractivity contribution in [1.82, 2.24) is 10.3 Å². The molecule has 0 fully saturated rings. The third kappa shape index (κ3) is 3.72. The second kappa shape index (κ2) is 6.57. The second-order valence-corrected chi connectivity index (χ2v) is 6.99. The predicted molar refractivity (Wildman–Crippen MR) is 85.7 cm³/mol. The molecule has 22 heavy (non-hydrogen) atoms. The normalized spacial score (nSPS) is 17.0. The van der Waals surface area contributed by atoms with E-state index < -0.39 is 0 Å². The number of hydrogen-bond donors (Lipinski definition) is 1.